The molecule has 4 aliphatic rings. The zero-order chi connectivity index (χ0) is 35.6. The van der Waals surface area contributed by atoms with Gasteiger partial charge in [-0.15, -0.1) is 5.10 Å². The molecule has 51 heavy (non-hydrogen) atoms. The molecule has 4 saturated heterocycles. The summed E-state index contributed by atoms with van der Waals surface area (Å²) in [6.07, 6.45) is 7.09. The summed E-state index contributed by atoms with van der Waals surface area (Å²) < 4.78 is 24.0. The molecule has 6 heterocycles. The SMILES string of the molecule is O=C1NC2CSC(CCCCC(=O)OCCCn3cc(CNc4nc(NC5CCN(CCP(=O)(O)O)CC5)cc(N5CCOCC5)n4)nn3)C2N1. The number of thioether (sulfide) groups is 1. The fourth-order valence-electron chi connectivity index (χ4n) is 6.76. The number of fused-ring (bicyclic) bond motifs is 1. The molecule has 4 aliphatic heterocycles. The average molecular weight is 752 g/mol. The van der Waals surface area contributed by atoms with Crippen molar-refractivity contribution >= 4 is 48.9 Å². The Hall–Kier alpha value is -3.22. The zero-order valence-electron chi connectivity index (χ0n) is 28.8. The Balaban J connectivity index is 0.907. The number of unbranched alkanes of at least 4 members (excludes halogenated alkanes) is 1. The first-order valence-corrected chi connectivity index (χ1v) is 20.7. The molecule has 0 radical (unpaired) electrons. The number of nitrogens with one attached hydrogen (secondary N) is 4. The summed E-state index contributed by atoms with van der Waals surface area (Å²) in [6, 6.07) is 2.48. The van der Waals surface area contributed by atoms with Crippen LogP contribution in [0.25, 0.3) is 0 Å². The summed E-state index contributed by atoms with van der Waals surface area (Å²) in [5, 5.41) is 21.7. The molecule has 4 fully saturated rings. The number of hydrogen-bond acceptors (Lipinski definition) is 14. The number of hydrogen-bond donors (Lipinski definition) is 6. The van der Waals surface area contributed by atoms with E-state index in [1.165, 1.54) is 0 Å². The molecule has 0 bridgehead atoms. The second-order valence-corrected chi connectivity index (χ2v) is 16.5. The molecule has 282 valence electrons. The number of aromatic nitrogens is 5. The van der Waals surface area contributed by atoms with Crippen molar-refractivity contribution in [2.75, 3.05) is 80.0 Å². The summed E-state index contributed by atoms with van der Waals surface area (Å²) >= 11 is 1.88. The van der Waals surface area contributed by atoms with Gasteiger partial charge in [0, 0.05) is 75.2 Å². The molecule has 3 atom stereocenters. The topological polar surface area (TPSA) is 221 Å². The maximum Gasteiger partial charge on any atom is 0.326 e. The number of carbonyl (C=O) groups is 2. The quantitative estimate of drug-likeness (QED) is 0.0546. The molecular weight excluding hydrogens is 701 g/mol. The number of urea groups is 1. The highest BCUT2D eigenvalue weighted by Crippen LogP contribution is 2.34. The zero-order valence-corrected chi connectivity index (χ0v) is 30.5. The van der Waals surface area contributed by atoms with E-state index in [9.17, 15) is 23.9 Å². The van der Waals surface area contributed by atoms with Crippen molar-refractivity contribution in [1.29, 1.82) is 0 Å². The van der Waals surface area contributed by atoms with Gasteiger partial charge in [0.05, 0.1) is 50.8 Å². The first-order valence-electron chi connectivity index (χ1n) is 17.9. The molecule has 18 nitrogen and oxygen atoms in total. The summed E-state index contributed by atoms with van der Waals surface area (Å²) in [6.45, 7) is 5.89. The van der Waals surface area contributed by atoms with Crippen LogP contribution in [-0.4, -0.2) is 139 Å². The lowest BCUT2D eigenvalue weighted by Crippen LogP contribution is -2.40. The van der Waals surface area contributed by atoms with Gasteiger partial charge < -0.3 is 50.3 Å². The number of amides is 2. The average Bonchev–Trinajstić information content (AvgIpc) is 3.83. The first-order chi connectivity index (χ1) is 24.7. The van der Waals surface area contributed by atoms with Gasteiger partial charge in [0.1, 0.15) is 17.3 Å². The Morgan fingerprint density at radius 3 is 2.73 bits per heavy atom. The van der Waals surface area contributed by atoms with Gasteiger partial charge >= 0.3 is 19.6 Å². The van der Waals surface area contributed by atoms with Gasteiger partial charge in [0.2, 0.25) is 5.95 Å². The number of morpholine rings is 1. The maximum absolute atomic E-state index is 12.2. The highest BCUT2D eigenvalue weighted by Gasteiger charge is 2.42. The Morgan fingerprint density at radius 1 is 1.10 bits per heavy atom. The monoisotopic (exact) mass is 751 g/mol. The second-order valence-electron chi connectivity index (χ2n) is 13.5. The third-order valence-electron chi connectivity index (χ3n) is 9.56. The van der Waals surface area contributed by atoms with Gasteiger partial charge in [-0.2, -0.15) is 21.7 Å². The number of carbonyl (C=O) groups excluding carboxylic acids is 2. The van der Waals surface area contributed by atoms with Gasteiger partial charge in [-0.1, -0.05) is 11.6 Å². The third-order valence-corrected chi connectivity index (χ3v) is 11.9. The van der Waals surface area contributed by atoms with Crippen molar-refractivity contribution in [2.24, 2.45) is 0 Å². The van der Waals surface area contributed by atoms with Gasteiger partial charge in [0.25, 0.3) is 0 Å². The highest BCUT2D eigenvalue weighted by atomic mass is 32.2. The Bertz CT molecular complexity index is 1500. The standard InChI is InChI=1S/C31H50N11O7PS/c43-28(5-2-1-4-25-29-24(21-51-25)34-31(44)37-29)49-14-3-8-42-20-23(38-39-42)19-32-30-35-26(18-27(36-30)41-11-15-48-16-12-41)33-22-6-9-40(10-7-22)13-17-50(45,46)47/h18,20,22,24-25,29H,1-17,19,21H2,(H2,34,37,44)(H2,45,46,47)(H2,32,33,35,36). The van der Waals surface area contributed by atoms with Gasteiger partial charge in [-0.25, -0.2) is 4.79 Å². The minimum atomic E-state index is -4.00. The number of anilines is 3. The van der Waals surface area contributed by atoms with Crippen LogP contribution in [0.1, 0.15) is 50.6 Å². The Kier molecular flexibility index (Phi) is 13.3. The number of esters is 1. The largest absolute Gasteiger partial charge is 0.466 e. The number of ether oxygens (including phenoxy) is 2. The van der Waals surface area contributed by atoms with E-state index in [1.807, 2.05) is 24.0 Å². The molecule has 6 rings (SSSR count). The molecule has 0 aliphatic carbocycles. The van der Waals surface area contributed by atoms with E-state index in [0.717, 1.165) is 75.5 Å². The van der Waals surface area contributed by atoms with E-state index in [1.54, 1.807) is 4.68 Å². The van der Waals surface area contributed by atoms with Crippen molar-refractivity contribution in [2.45, 2.75) is 81.4 Å². The number of rotatable bonds is 18. The normalized spacial score (nSPS) is 22.7. The minimum absolute atomic E-state index is 0.0762. The number of likely N-dealkylation sites (tertiary alicyclic amines) is 1. The second kappa shape index (κ2) is 18.0. The molecule has 20 heteroatoms. The van der Waals surface area contributed by atoms with Crippen molar-refractivity contribution in [3.63, 3.8) is 0 Å². The predicted molar refractivity (Wildman–Crippen MR) is 192 cm³/mol. The summed E-state index contributed by atoms with van der Waals surface area (Å²) in [5.74, 6) is 2.73. The fraction of sp³-hybridized carbons (Fsp3) is 0.742. The number of aryl methyl sites for hydroxylation is 1. The molecule has 2 aromatic heterocycles. The molecule has 3 unspecified atom stereocenters. The van der Waals surface area contributed by atoms with E-state index >= 15 is 0 Å². The van der Waals surface area contributed by atoms with Crippen LogP contribution < -0.4 is 26.2 Å². The summed E-state index contributed by atoms with van der Waals surface area (Å²) in [5.41, 5.74) is 0.726. The van der Waals surface area contributed by atoms with E-state index in [-0.39, 0.29) is 36.3 Å². The molecule has 2 amide bonds. The van der Waals surface area contributed by atoms with Crippen LogP contribution in [-0.2, 0) is 31.9 Å². The minimum Gasteiger partial charge on any atom is -0.466 e. The van der Waals surface area contributed by atoms with Crippen molar-refractivity contribution in [1.82, 2.24) is 40.5 Å². The molecule has 0 spiro atoms. The van der Waals surface area contributed by atoms with Crippen molar-refractivity contribution in [3.8, 4) is 0 Å². The first kappa shape index (κ1) is 37.5. The van der Waals surface area contributed by atoms with Gasteiger partial charge in [-0.3, -0.25) is 14.0 Å². The van der Waals surface area contributed by atoms with E-state index in [0.29, 0.717) is 69.3 Å². The molecule has 0 aromatic carbocycles. The van der Waals surface area contributed by atoms with E-state index in [2.05, 4.69) is 41.4 Å². The summed E-state index contributed by atoms with van der Waals surface area (Å²) in [7, 11) is -4.00. The smallest absolute Gasteiger partial charge is 0.326 e. The number of piperidine rings is 1. The lowest BCUT2D eigenvalue weighted by molar-refractivity contribution is -0.143. The molecule has 0 saturated carbocycles. The molecular formula is C31H50N11O7PS. The highest BCUT2D eigenvalue weighted by molar-refractivity contribution is 8.00. The van der Waals surface area contributed by atoms with Crippen LogP contribution >= 0.6 is 19.4 Å². The van der Waals surface area contributed by atoms with Gasteiger partial charge in [-0.05, 0) is 25.7 Å². The third kappa shape index (κ3) is 11.6. The number of nitrogens with zero attached hydrogens (tertiary/aromatic N) is 7. The van der Waals surface area contributed by atoms with Crippen molar-refractivity contribution < 1.29 is 33.4 Å². The van der Waals surface area contributed by atoms with Crippen LogP contribution in [0.4, 0.5) is 22.4 Å². The van der Waals surface area contributed by atoms with Crippen LogP contribution in [0.2, 0.25) is 0 Å². The fourth-order valence-corrected chi connectivity index (χ4v) is 8.85. The van der Waals surface area contributed by atoms with Crippen molar-refractivity contribution in [3.05, 3.63) is 18.0 Å². The Labute approximate surface area is 301 Å². The predicted octanol–water partition coefficient (Wildman–Crippen LogP) is 1.23. The van der Waals surface area contributed by atoms with Crippen LogP contribution in [0.5, 0.6) is 0 Å². The molecule has 6 N–H and O–H groups in total. The maximum atomic E-state index is 12.2. The van der Waals surface area contributed by atoms with E-state index in [4.69, 9.17) is 19.4 Å². The van der Waals surface area contributed by atoms with E-state index < -0.39 is 7.60 Å². The van der Waals surface area contributed by atoms with Crippen LogP contribution in [0.15, 0.2) is 12.3 Å². The van der Waals surface area contributed by atoms with Crippen LogP contribution in [0, 0.1) is 0 Å². The summed E-state index contributed by atoms with van der Waals surface area (Å²) in [4.78, 5) is 56.0. The van der Waals surface area contributed by atoms with Gasteiger partial charge in [0.15, 0.2) is 0 Å². The Morgan fingerprint density at radius 2 is 1.92 bits per heavy atom. The lowest BCUT2D eigenvalue weighted by atomic mass is 10.0. The molecule has 2 aromatic rings. The van der Waals surface area contributed by atoms with Crippen LogP contribution in [0.3, 0.4) is 0 Å². The lowest BCUT2D eigenvalue weighted by Gasteiger charge is -2.33.